The van der Waals surface area contributed by atoms with Crippen LogP contribution in [0.5, 0.6) is 5.75 Å². The molecule has 5 rings (SSSR count). The Morgan fingerprint density at radius 3 is 2.55 bits per heavy atom. The van der Waals surface area contributed by atoms with Crippen molar-refractivity contribution in [3.05, 3.63) is 64.3 Å². The second-order valence-corrected chi connectivity index (χ2v) is 11.9. The number of H-pyrrole nitrogens is 1. The number of aromatic nitrogens is 5. The molecule has 1 N–H and O–H groups in total. The minimum atomic E-state index is -3.75. The van der Waals surface area contributed by atoms with Gasteiger partial charge in [-0.15, -0.1) is 0 Å². The van der Waals surface area contributed by atoms with E-state index in [0.717, 1.165) is 18.5 Å². The molecule has 0 radical (unpaired) electrons. The van der Waals surface area contributed by atoms with Gasteiger partial charge >= 0.3 is 0 Å². The molecular weight excluding hydrogens is 530 g/mol. The molecule has 1 saturated heterocycles. The van der Waals surface area contributed by atoms with Crippen LogP contribution in [0.25, 0.3) is 22.4 Å². The summed E-state index contributed by atoms with van der Waals surface area (Å²) >= 11 is 0. The Labute approximate surface area is 233 Å². The fourth-order valence-corrected chi connectivity index (χ4v) is 6.26. The number of sulfonamides is 1. The van der Waals surface area contributed by atoms with Crippen molar-refractivity contribution in [3.8, 4) is 17.1 Å². The maximum Gasteiger partial charge on any atom is 0.277 e. The summed E-state index contributed by atoms with van der Waals surface area (Å²) < 4.78 is 36.2. The summed E-state index contributed by atoms with van der Waals surface area (Å²) in [5, 5.41) is 4.72. The molecular formula is C28H35N7O4S. The first kappa shape index (κ1) is 27.9. The van der Waals surface area contributed by atoms with Gasteiger partial charge in [0.2, 0.25) is 10.0 Å². The topological polar surface area (TPSA) is 126 Å². The average Bonchev–Trinajstić information content (AvgIpc) is 3.29. The largest absolute Gasteiger partial charge is 0.493 e. The molecule has 11 nitrogen and oxygen atoms in total. The molecule has 1 aliphatic heterocycles. The summed E-state index contributed by atoms with van der Waals surface area (Å²) in [6.07, 6.45) is 3.93. The van der Waals surface area contributed by atoms with E-state index >= 15 is 0 Å². The highest BCUT2D eigenvalue weighted by Gasteiger charge is 2.29. The molecule has 212 valence electrons. The third-order valence-electron chi connectivity index (χ3n) is 6.96. The van der Waals surface area contributed by atoms with Crippen LogP contribution < -0.4 is 10.3 Å². The lowest BCUT2D eigenvalue weighted by Gasteiger charge is -2.31. The Kier molecular flexibility index (Phi) is 8.29. The van der Waals surface area contributed by atoms with Gasteiger partial charge < -0.3 is 14.6 Å². The smallest absolute Gasteiger partial charge is 0.277 e. The fourth-order valence-electron chi connectivity index (χ4n) is 4.81. The Morgan fingerprint density at radius 2 is 1.85 bits per heavy atom. The highest BCUT2D eigenvalue weighted by Crippen LogP contribution is 2.32. The van der Waals surface area contributed by atoms with E-state index in [2.05, 4.69) is 14.9 Å². The van der Waals surface area contributed by atoms with Crippen molar-refractivity contribution in [3.63, 3.8) is 0 Å². The molecule has 3 aromatic heterocycles. The molecule has 12 heteroatoms. The van der Waals surface area contributed by atoms with E-state index < -0.39 is 10.0 Å². The minimum Gasteiger partial charge on any atom is -0.493 e. The van der Waals surface area contributed by atoms with Gasteiger partial charge in [-0.2, -0.15) is 9.40 Å². The van der Waals surface area contributed by atoms with E-state index in [1.165, 1.54) is 4.31 Å². The number of benzene rings is 1. The van der Waals surface area contributed by atoms with E-state index in [0.29, 0.717) is 73.8 Å². The van der Waals surface area contributed by atoms with Gasteiger partial charge in [0.15, 0.2) is 5.52 Å². The van der Waals surface area contributed by atoms with Gasteiger partial charge in [-0.25, -0.2) is 13.4 Å². The highest BCUT2D eigenvalue weighted by atomic mass is 32.2. The standard InChI is InChI=1S/C28H35N7O4S/c1-4-8-23-25-26(35(32-23)19-20-9-6-7-12-29-20)28(36)31-27(30-25)22-18-21(10-11-24(22)39-17-5-2)40(37,38)34-15-13-33(3)14-16-34/h6-7,9-12,18H,4-5,8,13-17,19H2,1-3H3,(H,30,31,36). The molecule has 40 heavy (non-hydrogen) atoms. The molecule has 1 aliphatic rings. The lowest BCUT2D eigenvalue weighted by Crippen LogP contribution is -2.47. The molecule has 0 bridgehead atoms. The van der Waals surface area contributed by atoms with Crippen LogP contribution in [-0.2, 0) is 23.0 Å². The van der Waals surface area contributed by atoms with E-state index in [1.54, 1.807) is 29.1 Å². The van der Waals surface area contributed by atoms with Crippen LogP contribution in [0.2, 0.25) is 0 Å². The first-order chi connectivity index (χ1) is 19.3. The zero-order chi connectivity index (χ0) is 28.3. The van der Waals surface area contributed by atoms with Gasteiger partial charge in [-0.1, -0.05) is 26.3 Å². The molecule has 1 aromatic carbocycles. The number of pyridine rings is 1. The summed E-state index contributed by atoms with van der Waals surface area (Å²) in [6.45, 7) is 6.96. The van der Waals surface area contributed by atoms with Gasteiger partial charge in [0, 0.05) is 32.4 Å². The lowest BCUT2D eigenvalue weighted by molar-refractivity contribution is 0.222. The zero-order valence-electron chi connectivity index (χ0n) is 23.1. The summed E-state index contributed by atoms with van der Waals surface area (Å²) in [5.41, 5.74) is 2.39. The normalized spacial score (nSPS) is 15.1. The highest BCUT2D eigenvalue weighted by molar-refractivity contribution is 7.89. The first-order valence-electron chi connectivity index (χ1n) is 13.7. The van der Waals surface area contributed by atoms with E-state index in [4.69, 9.17) is 14.8 Å². The number of nitrogens with zero attached hydrogens (tertiary/aromatic N) is 6. The number of likely N-dealkylation sites (N-methyl/N-ethyl adjacent to an activating group) is 1. The van der Waals surface area contributed by atoms with Crippen LogP contribution in [-0.4, -0.2) is 82.2 Å². The van der Waals surface area contributed by atoms with Crippen molar-refractivity contribution in [2.24, 2.45) is 0 Å². The molecule has 0 spiro atoms. The number of hydrogen-bond acceptors (Lipinski definition) is 8. The Bertz CT molecular complexity index is 1640. The van der Waals surface area contributed by atoms with Crippen molar-refractivity contribution in [1.82, 2.24) is 33.9 Å². The molecule has 0 unspecified atom stereocenters. The summed E-state index contributed by atoms with van der Waals surface area (Å²) in [7, 11) is -1.77. The van der Waals surface area contributed by atoms with Crippen molar-refractivity contribution in [2.45, 2.75) is 44.6 Å². The number of aryl methyl sites for hydroxylation is 1. The van der Waals surface area contributed by atoms with Gasteiger partial charge in [0.25, 0.3) is 5.56 Å². The Morgan fingerprint density at radius 1 is 1.05 bits per heavy atom. The molecule has 0 aliphatic carbocycles. The summed E-state index contributed by atoms with van der Waals surface area (Å²) in [6, 6.07) is 10.4. The second kappa shape index (κ2) is 11.9. The van der Waals surface area contributed by atoms with Crippen LogP contribution >= 0.6 is 0 Å². The third-order valence-corrected chi connectivity index (χ3v) is 8.86. The summed E-state index contributed by atoms with van der Waals surface area (Å²) in [4.78, 5) is 27.9. The first-order valence-corrected chi connectivity index (χ1v) is 15.1. The van der Waals surface area contributed by atoms with Gasteiger partial charge in [0.05, 0.1) is 35.0 Å². The van der Waals surface area contributed by atoms with Crippen LogP contribution in [0.3, 0.4) is 0 Å². The minimum absolute atomic E-state index is 0.137. The van der Waals surface area contributed by atoms with Crippen molar-refractivity contribution in [1.29, 1.82) is 0 Å². The predicted molar refractivity (Wildman–Crippen MR) is 153 cm³/mol. The van der Waals surface area contributed by atoms with Crippen LogP contribution in [0.4, 0.5) is 0 Å². The lowest BCUT2D eigenvalue weighted by atomic mass is 10.1. The Hall–Kier alpha value is -3.61. The fraction of sp³-hybridized carbons (Fsp3) is 0.429. The number of rotatable bonds is 10. The van der Waals surface area contributed by atoms with Crippen LogP contribution in [0, 0.1) is 0 Å². The quantitative estimate of drug-likeness (QED) is 0.311. The molecule has 0 amide bonds. The maximum atomic E-state index is 13.6. The number of ether oxygens (including phenoxy) is 1. The second-order valence-electron chi connectivity index (χ2n) is 10.0. The van der Waals surface area contributed by atoms with Gasteiger partial charge in [-0.3, -0.25) is 14.5 Å². The summed E-state index contributed by atoms with van der Waals surface area (Å²) in [5.74, 6) is 0.702. The molecule has 4 heterocycles. The van der Waals surface area contributed by atoms with Crippen LogP contribution in [0.15, 0.2) is 52.3 Å². The third kappa shape index (κ3) is 5.65. The SMILES string of the molecule is CCCOc1ccc(S(=O)(=O)N2CCN(C)CC2)cc1-c1nc2c(CCC)nn(Cc3ccccn3)c2c(=O)[nH]1. The van der Waals surface area contributed by atoms with Crippen molar-refractivity contribution >= 4 is 21.1 Å². The molecule has 0 saturated carbocycles. The van der Waals surface area contributed by atoms with Gasteiger partial charge in [-0.05, 0) is 50.2 Å². The number of hydrogen-bond donors (Lipinski definition) is 1. The molecule has 0 atom stereocenters. The monoisotopic (exact) mass is 565 g/mol. The molecule has 1 fully saturated rings. The maximum absolute atomic E-state index is 13.6. The average molecular weight is 566 g/mol. The van der Waals surface area contributed by atoms with E-state index in [1.807, 2.05) is 39.1 Å². The number of nitrogens with one attached hydrogen (secondary N) is 1. The van der Waals surface area contributed by atoms with E-state index in [9.17, 15) is 13.2 Å². The predicted octanol–water partition coefficient (Wildman–Crippen LogP) is 2.91. The van der Waals surface area contributed by atoms with E-state index in [-0.39, 0.29) is 16.3 Å². The van der Waals surface area contributed by atoms with Crippen LogP contribution in [0.1, 0.15) is 38.1 Å². The van der Waals surface area contributed by atoms with Crippen molar-refractivity contribution in [2.75, 3.05) is 39.8 Å². The number of piperazine rings is 1. The Balaban J connectivity index is 1.62. The van der Waals surface area contributed by atoms with Gasteiger partial charge in [0.1, 0.15) is 17.1 Å². The number of fused-ring (bicyclic) bond motifs is 1. The zero-order valence-corrected chi connectivity index (χ0v) is 23.9. The number of aromatic amines is 1. The van der Waals surface area contributed by atoms with Crippen molar-refractivity contribution < 1.29 is 13.2 Å². The molecule has 4 aromatic rings.